The van der Waals surface area contributed by atoms with Gasteiger partial charge in [0.25, 0.3) is 0 Å². The molecular weight excluding hydrogens is 232 g/mol. The maximum atomic E-state index is 6.55. The lowest BCUT2D eigenvalue weighted by molar-refractivity contribution is 0.222. The van der Waals surface area contributed by atoms with Gasteiger partial charge in [-0.15, -0.1) is 0 Å². The Hall–Kier alpha value is -1.41. The van der Waals surface area contributed by atoms with Crippen LogP contribution in [0.4, 0.5) is 0 Å². The van der Waals surface area contributed by atoms with Crippen LogP contribution in [0, 0.1) is 11.3 Å². The van der Waals surface area contributed by atoms with Crippen molar-refractivity contribution in [3.8, 4) is 0 Å². The van der Waals surface area contributed by atoms with E-state index in [1.54, 1.807) is 0 Å². The molecule has 1 aromatic heterocycles. The molecule has 2 aromatic rings. The highest BCUT2D eigenvalue weighted by molar-refractivity contribution is 5.79. The Balaban J connectivity index is 1.95. The van der Waals surface area contributed by atoms with Crippen LogP contribution in [-0.2, 0) is 0 Å². The van der Waals surface area contributed by atoms with E-state index in [0.29, 0.717) is 11.3 Å². The third-order valence-corrected chi connectivity index (χ3v) is 4.79. The fourth-order valence-electron chi connectivity index (χ4n) is 3.55. The number of hydrogen-bond donors (Lipinski definition) is 1. The highest BCUT2D eigenvalue weighted by Crippen LogP contribution is 2.47. The van der Waals surface area contributed by atoms with E-state index in [1.807, 2.05) is 12.3 Å². The van der Waals surface area contributed by atoms with Crippen molar-refractivity contribution < 1.29 is 0 Å². The summed E-state index contributed by atoms with van der Waals surface area (Å²) in [5.41, 5.74) is 9.21. The van der Waals surface area contributed by atoms with Crippen LogP contribution in [0.3, 0.4) is 0 Å². The van der Waals surface area contributed by atoms with Crippen LogP contribution in [0.1, 0.15) is 44.7 Å². The molecule has 0 radical (unpaired) electrons. The highest BCUT2D eigenvalue weighted by Gasteiger charge is 2.38. The molecule has 0 amide bonds. The van der Waals surface area contributed by atoms with Gasteiger partial charge < -0.3 is 5.73 Å². The standard InChI is InChI=1S/C17H22N2/c1-17(2)9-3-6-14(17)16(18)13-7-8-15-12(11-13)5-4-10-19-15/h4-5,7-8,10-11,14,16H,3,6,9,18H2,1-2H3. The average molecular weight is 254 g/mol. The fourth-order valence-corrected chi connectivity index (χ4v) is 3.55. The predicted octanol–water partition coefficient (Wildman–Crippen LogP) is 4.06. The Bertz CT molecular complexity index is 589. The second kappa shape index (κ2) is 4.61. The molecule has 1 saturated carbocycles. The Morgan fingerprint density at radius 3 is 2.89 bits per heavy atom. The zero-order valence-electron chi connectivity index (χ0n) is 11.8. The molecule has 3 rings (SSSR count). The SMILES string of the molecule is CC1(C)CCCC1C(N)c1ccc2ncccc2c1. The van der Waals surface area contributed by atoms with E-state index in [4.69, 9.17) is 5.73 Å². The second-order valence-electron chi connectivity index (χ2n) is 6.47. The number of fused-ring (bicyclic) bond motifs is 1. The molecule has 0 aliphatic heterocycles. The van der Waals surface area contributed by atoms with Gasteiger partial charge in [0.15, 0.2) is 0 Å². The first-order valence-corrected chi connectivity index (χ1v) is 7.18. The van der Waals surface area contributed by atoms with Gasteiger partial charge in [-0.25, -0.2) is 0 Å². The van der Waals surface area contributed by atoms with Crippen LogP contribution >= 0.6 is 0 Å². The van der Waals surface area contributed by atoms with Crippen LogP contribution in [0.5, 0.6) is 0 Å². The summed E-state index contributed by atoms with van der Waals surface area (Å²) in [4.78, 5) is 4.37. The maximum absolute atomic E-state index is 6.55. The highest BCUT2D eigenvalue weighted by atomic mass is 14.7. The molecule has 2 unspecified atom stereocenters. The van der Waals surface area contributed by atoms with Crippen molar-refractivity contribution in [2.75, 3.05) is 0 Å². The Morgan fingerprint density at radius 2 is 2.16 bits per heavy atom. The van der Waals surface area contributed by atoms with E-state index in [1.165, 1.54) is 30.2 Å². The van der Waals surface area contributed by atoms with Crippen LogP contribution in [0.15, 0.2) is 36.5 Å². The Labute approximate surface area is 115 Å². The summed E-state index contributed by atoms with van der Waals surface area (Å²) >= 11 is 0. The van der Waals surface area contributed by atoms with E-state index in [2.05, 4.69) is 43.1 Å². The minimum Gasteiger partial charge on any atom is -0.324 e. The van der Waals surface area contributed by atoms with Gasteiger partial charge in [-0.1, -0.05) is 32.4 Å². The monoisotopic (exact) mass is 254 g/mol. The summed E-state index contributed by atoms with van der Waals surface area (Å²) in [6.45, 7) is 4.71. The van der Waals surface area contributed by atoms with Gasteiger partial charge in [-0.3, -0.25) is 4.98 Å². The summed E-state index contributed by atoms with van der Waals surface area (Å²) in [5.74, 6) is 0.585. The predicted molar refractivity (Wildman–Crippen MR) is 79.8 cm³/mol. The number of nitrogens with zero attached hydrogens (tertiary/aromatic N) is 1. The van der Waals surface area contributed by atoms with E-state index in [9.17, 15) is 0 Å². The van der Waals surface area contributed by atoms with Crippen LogP contribution in [-0.4, -0.2) is 4.98 Å². The normalized spacial score (nSPS) is 23.6. The summed E-state index contributed by atoms with van der Waals surface area (Å²) in [5, 5.41) is 1.19. The van der Waals surface area contributed by atoms with Crippen molar-refractivity contribution in [3.63, 3.8) is 0 Å². The fraction of sp³-hybridized carbons (Fsp3) is 0.471. The van der Waals surface area contributed by atoms with Crippen molar-refractivity contribution in [1.82, 2.24) is 4.98 Å². The molecule has 0 bridgehead atoms. The van der Waals surface area contributed by atoms with Gasteiger partial charge in [-0.2, -0.15) is 0 Å². The van der Waals surface area contributed by atoms with E-state index < -0.39 is 0 Å². The Kier molecular flexibility index (Phi) is 3.06. The Morgan fingerprint density at radius 1 is 1.32 bits per heavy atom. The molecule has 19 heavy (non-hydrogen) atoms. The van der Waals surface area contributed by atoms with Gasteiger partial charge in [0.05, 0.1) is 5.52 Å². The first-order chi connectivity index (χ1) is 9.08. The molecule has 1 aliphatic carbocycles. The third-order valence-electron chi connectivity index (χ3n) is 4.79. The summed E-state index contributed by atoms with van der Waals surface area (Å²) in [7, 11) is 0. The zero-order chi connectivity index (χ0) is 13.5. The quantitative estimate of drug-likeness (QED) is 0.877. The molecule has 2 heteroatoms. The molecule has 1 heterocycles. The molecule has 2 atom stereocenters. The minimum atomic E-state index is 0.141. The van der Waals surface area contributed by atoms with Crippen molar-refractivity contribution in [3.05, 3.63) is 42.1 Å². The molecule has 2 N–H and O–H groups in total. The first kappa shape index (κ1) is 12.6. The number of nitrogens with two attached hydrogens (primary N) is 1. The summed E-state index contributed by atoms with van der Waals surface area (Å²) < 4.78 is 0. The lowest BCUT2D eigenvalue weighted by Gasteiger charge is -2.32. The number of rotatable bonds is 2. The zero-order valence-corrected chi connectivity index (χ0v) is 11.8. The number of hydrogen-bond acceptors (Lipinski definition) is 2. The van der Waals surface area contributed by atoms with E-state index >= 15 is 0 Å². The first-order valence-electron chi connectivity index (χ1n) is 7.18. The largest absolute Gasteiger partial charge is 0.324 e. The minimum absolute atomic E-state index is 0.141. The molecular formula is C17H22N2. The molecule has 2 nitrogen and oxygen atoms in total. The molecule has 1 aromatic carbocycles. The molecule has 1 aliphatic rings. The van der Waals surface area contributed by atoms with E-state index in [-0.39, 0.29) is 6.04 Å². The topological polar surface area (TPSA) is 38.9 Å². The molecule has 0 saturated heterocycles. The average Bonchev–Trinajstić information content (AvgIpc) is 2.77. The van der Waals surface area contributed by atoms with Gasteiger partial charge in [0.1, 0.15) is 0 Å². The smallest absolute Gasteiger partial charge is 0.0702 e. The van der Waals surface area contributed by atoms with Crippen molar-refractivity contribution in [2.24, 2.45) is 17.1 Å². The van der Waals surface area contributed by atoms with Crippen molar-refractivity contribution >= 4 is 10.9 Å². The maximum Gasteiger partial charge on any atom is 0.0702 e. The summed E-state index contributed by atoms with van der Waals surface area (Å²) in [6.07, 6.45) is 5.68. The number of pyridine rings is 1. The summed E-state index contributed by atoms with van der Waals surface area (Å²) in [6, 6.07) is 10.7. The van der Waals surface area contributed by atoms with Crippen molar-refractivity contribution in [2.45, 2.75) is 39.2 Å². The third kappa shape index (κ3) is 2.25. The molecule has 1 fully saturated rings. The van der Waals surface area contributed by atoms with Crippen LogP contribution in [0.25, 0.3) is 10.9 Å². The van der Waals surface area contributed by atoms with Gasteiger partial charge in [0, 0.05) is 17.6 Å². The second-order valence-corrected chi connectivity index (χ2v) is 6.47. The van der Waals surface area contributed by atoms with Crippen LogP contribution < -0.4 is 5.73 Å². The van der Waals surface area contributed by atoms with Gasteiger partial charge in [0.2, 0.25) is 0 Å². The van der Waals surface area contributed by atoms with Crippen LogP contribution in [0.2, 0.25) is 0 Å². The number of aromatic nitrogens is 1. The lowest BCUT2D eigenvalue weighted by Crippen LogP contribution is -2.29. The number of benzene rings is 1. The molecule has 0 spiro atoms. The van der Waals surface area contributed by atoms with Crippen molar-refractivity contribution in [1.29, 1.82) is 0 Å². The molecule has 100 valence electrons. The lowest BCUT2D eigenvalue weighted by atomic mass is 9.76. The van der Waals surface area contributed by atoms with E-state index in [0.717, 1.165) is 5.52 Å². The van der Waals surface area contributed by atoms with Gasteiger partial charge in [-0.05, 0) is 47.9 Å². The van der Waals surface area contributed by atoms with Gasteiger partial charge >= 0.3 is 0 Å².